The van der Waals surface area contributed by atoms with Gasteiger partial charge in [-0.25, -0.2) is 4.39 Å². The summed E-state index contributed by atoms with van der Waals surface area (Å²) < 4.78 is 14.3. The van der Waals surface area contributed by atoms with Crippen LogP contribution in [0.2, 0.25) is 0 Å². The minimum atomic E-state index is -0.259. The molecular formula is C25H22FN3O. The van der Waals surface area contributed by atoms with Crippen LogP contribution < -0.4 is 0 Å². The molecular weight excluding hydrogens is 377 g/mol. The van der Waals surface area contributed by atoms with Crippen molar-refractivity contribution in [3.05, 3.63) is 99.1 Å². The molecule has 0 bridgehead atoms. The topological polar surface area (TPSA) is 45.6 Å². The van der Waals surface area contributed by atoms with Crippen LogP contribution in [0.1, 0.15) is 44.6 Å². The molecule has 0 saturated carbocycles. The smallest absolute Gasteiger partial charge is 0.227 e. The first-order valence-electron chi connectivity index (χ1n) is 10.1. The first kappa shape index (κ1) is 18.7. The van der Waals surface area contributed by atoms with Gasteiger partial charge in [0.2, 0.25) is 5.91 Å². The molecule has 0 unspecified atom stereocenters. The Labute approximate surface area is 175 Å². The summed E-state index contributed by atoms with van der Waals surface area (Å²) in [6.45, 7) is 5.23. The summed E-state index contributed by atoms with van der Waals surface area (Å²) in [7, 11) is 0. The summed E-state index contributed by atoms with van der Waals surface area (Å²) >= 11 is 0. The largest absolute Gasteiger partial charge is 0.334 e. The number of nitrogens with zero attached hydrogens (tertiary/aromatic N) is 3. The second-order valence-corrected chi connectivity index (χ2v) is 8.15. The van der Waals surface area contributed by atoms with Crippen molar-refractivity contribution in [3.63, 3.8) is 0 Å². The molecule has 0 radical (unpaired) electrons. The first-order chi connectivity index (χ1) is 14.5. The van der Waals surface area contributed by atoms with Crippen molar-refractivity contribution in [2.75, 3.05) is 0 Å². The van der Waals surface area contributed by atoms with Gasteiger partial charge in [-0.3, -0.25) is 14.8 Å². The minimum absolute atomic E-state index is 0.0336. The lowest BCUT2D eigenvalue weighted by atomic mass is 9.91. The molecule has 1 amide bonds. The molecule has 3 heterocycles. The molecule has 30 heavy (non-hydrogen) atoms. The number of aromatic nitrogens is 1. The lowest BCUT2D eigenvalue weighted by Gasteiger charge is -2.29. The molecule has 0 spiro atoms. The second-order valence-electron chi connectivity index (χ2n) is 8.15. The van der Waals surface area contributed by atoms with Crippen LogP contribution in [0.3, 0.4) is 0 Å². The van der Waals surface area contributed by atoms with E-state index < -0.39 is 0 Å². The summed E-state index contributed by atoms with van der Waals surface area (Å²) in [4.78, 5) is 23.5. The Morgan fingerprint density at radius 1 is 1.03 bits per heavy atom. The van der Waals surface area contributed by atoms with E-state index in [1.807, 2.05) is 32.0 Å². The maximum Gasteiger partial charge on any atom is 0.227 e. The van der Waals surface area contributed by atoms with Crippen molar-refractivity contribution >= 4 is 11.6 Å². The van der Waals surface area contributed by atoms with E-state index >= 15 is 0 Å². The average molecular weight is 399 g/mol. The Morgan fingerprint density at radius 3 is 2.70 bits per heavy atom. The predicted molar refractivity (Wildman–Crippen MR) is 114 cm³/mol. The first-order valence-corrected chi connectivity index (χ1v) is 10.1. The van der Waals surface area contributed by atoms with Crippen LogP contribution in [0.5, 0.6) is 0 Å². The molecule has 2 aliphatic heterocycles. The number of aliphatic imine (C=N–C) groups is 1. The van der Waals surface area contributed by atoms with Crippen LogP contribution in [-0.2, 0) is 30.8 Å². The average Bonchev–Trinajstić information content (AvgIpc) is 3.11. The highest BCUT2D eigenvalue weighted by atomic mass is 19.1. The predicted octanol–water partition coefficient (Wildman–Crippen LogP) is 4.27. The van der Waals surface area contributed by atoms with Gasteiger partial charge < -0.3 is 4.90 Å². The third-order valence-corrected chi connectivity index (χ3v) is 5.88. The lowest BCUT2D eigenvalue weighted by Crippen LogP contribution is -2.36. The van der Waals surface area contributed by atoms with Crippen LogP contribution in [0.25, 0.3) is 0 Å². The minimum Gasteiger partial charge on any atom is -0.334 e. The number of fused-ring (bicyclic) bond motifs is 2. The molecule has 0 saturated heterocycles. The SMILES string of the molecule is Cc1ccc(CN2Cc3cc4c(cc3CC2=O)CN=C4c2ccnc(C)c2)c(F)c1. The summed E-state index contributed by atoms with van der Waals surface area (Å²) in [5.74, 6) is -0.226. The van der Waals surface area contributed by atoms with Crippen molar-refractivity contribution in [2.45, 2.75) is 39.9 Å². The van der Waals surface area contributed by atoms with E-state index in [4.69, 9.17) is 4.99 Å². The van der Waals surface area contributed by atoms with Gasteiger partial charge in [-0.05, 0) is 60.4 Å². The van der Waals surface area contributed by atoms with Gasteiger partial charge in [0.05, 0.1) is 18.7 Å². The Morgan fingerprint density at radius 2 is 1.90 bits per heavy atom. The van der Waals surface area contributed by atoms with E-state index in [1.165, 1.54) is 6.07 Å². The van der Waals surface area contributed by atoms with Crippen molar-refractivity contribution in [1.29, 1.82) is 0 Å². The molecule has 5 rings (SSSR count). The van der Waals surface area contributed by atoms with E-state index in [0.717, 1.165) is 44.8 Å². The van der Waals surface area contributed by atoms with E-state index in [9.17, 15) is 9.18 Å². The van der Waals surface area contributed by atoms with E-state index in [0.29, 0.717) is 25.1 Å². The molecule has 0 atom stereocenters. The van der Waals surface area contributed by atoms with Gasteiger partial charge in [0, 0.05) is 41.7 Å². The fourth-order valence-corrected chi connectivity index (χ4v) is 4.29. The highest BCUT2D eigenvalue weighted by Crippen LogP contribution is 2.30. The maximum atomic E-state index is 14.3. The van der Waals surface area contributed by atoms with Gasteiger partial charge >= 0.3 is 0 Å². The Balaban J connectivity index is 1.45. The third kappa shape index (κ3) is 3.30. The molecule has 4 nitrogen and oxygen atoms in total. The van der Waals surface area contributed by atoms with Gasteiger partial charge in [0.1, 0.15) is 5.82 Å². The number of rotatable bonds is 3. The highest BCUT2D eigenvalue weighted by molar-refractivity contribution is 6.15. The molecule has 5 heteroatoms. The molecule has 150 valence electrons. The van der Waals surface area contributed by atoms with Crippen LogP contribution in [0.15, 0.2) is 53.7 Å². The normalized spacial score (nSPS) is 15.1. The zero-order valence-electron chi connectivity index (χ0n) is 17.1. The van der Waals surface area contributed by atoms with Crippen LogP contribution in [0.4, 0.5) is 4.39 Å². The van der Waals surface area contributed by atoms with Gasteiger partial charge in [-0.2, -0.15) is 0 Å². The van der Waals surface area contributed by atoms with E-state index in [-0.39, 0.29) is 18.3 Å². The Bertz CT molecular complexity index is 1220. The molecule has 2 aliphatic rings. The Kier molecular flexibility index (Phi) is 4.46. The fourth-order valence-electron chi connectivity index (χ4n) is 4.29. The molecule has 0 aliphatic carbocycles. The van der Waals surface area contributed by atoms with Crippen LogP contribution >= 0.6 is 0 Å². The number of pyridine rings is 1. The monoisotopic (exact) mass is 399 g/mol. The number of hydrogen-bond acceptors (Lipinski definition) is 3. The third-order valence-electron chi connectivity index (χ3n) is 5.88. The number of aryl methyl sites for hydroxylation is 2. The number of amides is 1. The lowest BCUT2D eigenvalue weighted by molar-refractivity contribution is -0.132. The number of carbonyl (C=O) groups is 1. The molecule has 3 aromatic rings. The zero-order valence-corrected chi connectivity index (χ0v) is 17.1. The maximum absolute atomic E-state index is 14.3. The molecule has 0 fully saturated rings. The van der Waals surface area contributed by atoms with Crippen molar-refractivity contribution in [1.82, 2.24) is 9.88 Å². The van der Waals surface area contributed by atoms with Gasteiger partial charge in [0.15, 0.2) is 0 Å². The second kappa shape index (κ2) is 7.17. The number of halogens is 1. The van der Waals surface area contributed by atoms with E-state index in [1.54, 1.807) is 17.2 Å². The quantitative estimate of drug-likeness (QED) is 0.660. The van der Waals surface area contributed by atoms with Crippen LogP contribution in [0, 0.1) is 19.7 Å². The summed E-state index contributed by atoms with van der Waals surface area (Å²) in [5.41, 5.74) is 8.87. The van der Waals surface area contributed by atoms with Crippen LogP contribution in [-0.4, -0.2) is 21.5 Å². The highest BCUT2D eigenvalue weighted by Gasteiger charge is 2.27. The van der Waals surface area contributed by atoms with Gasteiger partial charge in [-0.1, -0.05) is 18.2 Å². The van der Waals surface area contributed by atoms with Gasteiger partial charge in [0.25, 0.3) is 0 Å². The molecule has 0 N–H and O–H groups in total. The molecule has 2 aromatic carbocycles. The summed E-state index contributed by atoms with van der Waals surface area (Å²) in [6, 6.07) is 13.5. The fraction of sp³-hybridized carbons (Fsp3) is 0.240. The number of hydrogen-bond donors (Lipinski definition) is 0. The zero-order chi connectivity index (χ0) is 20.8. The summed E-state index contributed by atoms with van der Waals surface area (Å²) in [6.07, 6.45) is 2.15. The number of benzene rings is 2. The van der Waals surface area contributed by atoms with Gasteiger partial charge in [-0.15, -0.1) is 0 Å². The van der Waals surface area contributed by atoms with Crippen molar-refractivity contribution in [2.24, 2.45) is 4.99 Å². The number of carbonyl (C=O) groups excluding carboxylic acids is 1. The van der Waals surface area contributed by atoms with E-state index in [2.05, 4.69) is 17.1 Å². The van der Waals surface area contributed by atoms with Crippen molar-refractivity contribution in [3.8, 4) is 0 Å². The molecule has 1 aromatic heterocycles. The van der Waals surface area contributed by atoms with Crippen molar-refractivity contribution < 1.29 is 9.18 Å². The standard InChI is InChI=1S/C25H22FN3O/c1-15-3-4-18(23(26)7-15)13-29-14-21-10-22-20(9-19(21)11-24(29)30)12-28-25(22)17-5-6-27-16(2)8-17/h3-10H,11-14H2,1-2H3. The summed E-state index contributed by atoms with van der Waals surface area (Å²) in [5, 5.41) is 0. The Hall–Kier alpha value is -3.34.